The van der Waals surface area contributed by atoms with Crippen LogP contribution in [-0.4, -0.2) is 35.3 Å². The Bertz CT molecular complexity index is 1160. The molecular formula is C23H23ClN4O3. The summed E-state index contributed by atoms with van der Waals surface area (Å²) in [5, 5.41) is 12.7. The molecule has 1 aromatic heterocycles. The van der Waals surface area contributed by atoms with Crippen molar-refractivity contribution in [3.05, 3.63) is 58.9 Å². The number of hydrogen-bond acceptors (Lipinski definition) is 6. The standard InChI is InChI=1S/C23H23ClN4O3/c1-3-7-28(2)21-10-20-19(9-17(21)24)27-22(30)11-18(26-20)14-5-4-6-15(8-14)23-25-16(12-29)13-31-23/h4-6,8-10,13,29H,3,7,11-12H2,1-2H3,(H,27,30). The second-order valence-corrected chi connectivity index (χ2v) is 7.82. The molecule has 2 aromatic carbocycles. The first-order valence-electron chi connectivity index (χ1n) is 10.1. The predicted octanol–water partition coefficient (Wildman–Crippen LogP) is 4.80. The molecule has 4 rings (SSSR count). The van der Waals surface area contributed by atoms with Gasteiger partial charge >= 0.3 is 0 Å². The van der Waals surface area contributed by atoms with E-state index < -0.39 is 0 Å². The topological polar surface area (TPSA) is 91.0 Å². The molecule has 0 saturated carbocycles. The fraction of sp³-hybridized carbons (Fsp3) is 0.261. The van der Waals surface area contributed by atoms with Crippen LogP contribution in [0.3, 0.4) is 0 Å². The van der Waals surface area contributed by atoms with Crippen molar-refractivity contribution in [3.63, 3.8) is 0 Å². The Kier molecular flexibility index (Phi) is 6.06. The van der Waals surface area contributed by atoms with Crippen LogP contribution in [0, 0.1) is 0 Å². The van der Waals surface area contributed by atoms with Gasteiger partial charge in [-0.25, -0.2) is 4.98 Å². The van der Waals surface area contributed by atoms with Gasteiger partial charge in [0.1, 0.15) is 12.0 Å². The van der Waals surface area contributed by atoms with Crippen molar-refractivity contribution in [2.75, 3.05) is 23.8 Å². The van der Waals surface area contributed by atoms with E-state index in [1.165, 1.54) is 6.26 Å². The van der Waals surface area contributed by atoms with Crippen LogP contribution in [0.1, 0.15) is 31.0 Å². The summed E-state index contributed by atoms with van der Waals surface area (Å²) in [5.74, 6) is 0.243. The molecule has 0 radical (unpaired) electrons. The second-order valence-electron chi connectivity index (χ2n) is 7.41. The average Bonchev–Trinajstić information content (AvgIpc) is 3.18. The summed E-state index contributed by atoms with van der Waals surface area (Å²) in [6, 6.07) is 11.2. The Hall–Kier alpha value is -3.16. The molecule has 160 valence electrons. The number of hydrogen-bond donors (Lipinski definition) is 2. The lowest BCUT2D eigenvalue weighted by Gasteiger charge is -2.21. The minimum absolute atomic E-state index is 0.128. The van der Waals surface area contributed by atoms with E-state index in [0.717, 1.165) is 29.8 Å². The third kappa shape index (κ3) is 4.47. The molecular weight excluding hydrogens is 416 g/mol. The Morgan fingerprint density at radius 3 is 2.81 bits per heavy atom. The predicted molar refractivity (Wildman–Crippen MR) is 122 cm³/mol. The highest BCUT2D eigenvalue weighted by Gasteiger charge is 2.20. The van der Waals surface area contributed by atoms with Crippen LogP contribution < -0.4 is 10.2 Å². The molecule has 8 heteroatoms. The van der Waals surface area contributed by atoms with E-state index in [-0.39, 0.29) is 18.9 Å². The first kappa shape index (κ1) is 21.1. The van der Waals surface area contributed by atoms with Gasteiger partial charge in [0, 0.05) is 19.2 Å². The van der Waals surface area contributed by atoms with Crippen molar-refractivity contribution in [3.8, 4) is 11.5 Å². The van der Waals surface area contributed by atoms with E-state index in [1.54, 1.807) is 6.07 Å². The Balaban J connectivity index is 1.76. The van der Waals surface area contributed by atoms with Crippen LogP contribution in [-0.2, 0) is 11.4 Å². The van der Waals surface area contributed by atoms with Gasteiger partial charge in [0.15, 0.2) is 0 Å². The number of anilines is 2. The van der Waals surface area contributed by atoms with E-state index >= 15 is 0 Å². The Labute approximate surface area is 185 Å². The van der Waals surface area contributed by atoms with Crippen LogP contribution in [0.25, 0.3) is 11.5 Å². The molecule has 2 heterocycles. The lowest BCUT2D eigenvalue weighted by atomic mass is 10.0. The molecule has 1 amide bonds. The molecule has 2 N–H and O–H groups in total. The number of aliphatic hydroxyl groups excluding tert-OH is 1. The van der Waals surface area contributed by atoms with E-state index in [2.05, 4.69) is 22.1 Å². The highest BCUT2D eigenvalue weighted by atomic mass is 35.5. The van der Waals surface area contributed by atoms with E-state index in [1.807, 2.05) is 37.4 Å². The number of fused-ring (bicyclic) bond motifs is 1. The molecule has 0 fully saturated rings. The summed E-state index contributed by atoms with van der Waals surface area (Å²) < 4.78 is 5.45. The van der Waals surface area contributed by atoms with Crippen molar-refractivity contribution >= 4 is 40.3 Å². The fourth-order valence-corrected chi connectivity index (χ4v) is 3.84. The smallest absolute Gasteiger partial charge is 0.230 e. The molecule has 3 aromatic rings. The number of aliphatic imine (C=N–C) groups is 1. The molecule has 7 nitrogen and oxygen atoms in total. The van der Waals surface area contributed by atoms with Crippen molar-refractivity contribution < 1.29 is 14.3 Å². The summed E-state index contributed by atoms with van der Waals surface area (Å²) in [5.41, 5.74) is 4.75. The summed E-state index contributed by atoms with van der Waals surface area (Å²) in [4.78, 5) is 23.7. The molecule has 31 heavy (non-hydrogen) atoms. The number of oxazole rings is 1. The largest absolute Gasteiger partial charge is 0.444 e. The Morgan fingerprint density at radius 2 is 2.06 bits per heavy atom. The van der Waals surface area contributed by atoms with Crippen molar-refractivity contribution in [2.24, 2.45) is 4.99 Å². The zero-order valence-corrected chi connectivity index (χ0v) is 18.1. The Morgan fingerprint density at radius 1 is 1.26 bits per heavy atom. The lowest BCUT2D eigenvalue weighted by molar-refractivity contribution is -0.115. The monoisotopic (exact) mass is 438 g/mol. The number of nitrogens with one attached hydrogen (secondary N) is 1. The zero-order chi connectivity index (χ0) is 22.0. The average molecular weight is 439 g/mol. The van der Waals surface area contributed by atoms with Gasteiger partial charge in [0.05, 0.1) is 40.8 Å². The summed E-state index contributed by atoms with van der Waals surface area (Å²) in [6.45, 7) is 2.77. The quantitative estimate of drug-likeness (QED) is 0.577. The zero-order valence-electron chi connectivity index (χ0n) is 17.4. The van der Waals surface area contributed by atoms with Crippen molar-refractivity contribution in [1.82, 2.24) is 4.98 Å². The molecule has 0 bridgehead atoms. The molecule has 0 atom stereocenters. The number of aliphatic hydroxyl groups is 1. The lowest BCUT2D eigenvalue weighted by Crippen LogP contribution is -2.18. The maximum absolute atomic E-state index is 12.6. The van der Waals surface area contributed by atoms with Gasteiger partial charge in [-0.3, -0.25) is 9.79 Å². The maximum atomic E-state index is 12.6. The van der Waals surface area contributed by atoms with Gasteiger partial charge in [-0.05, 0) is 36.2 Å². The van der Waals surface area contributed by atoms with Gasteiger partial charge in [-0.1, -0.05) is 30.7 Å². The number of nitrogens with zero attached hydrogens (tertiary/aromatic N) is 3. The van der Waals surface area contributed by atoms with Crippen molar-refractivity contribution in [1.29, 1.82) is 0 Å². The SMILES string of the molecule is CCCN(C)c1cc2c(cc1Cl)NC(=O)CC(c1cccc(-c3nc(CO)co3)c1)=N2. The van der Waals surface area contributed by atoms with Crippen LogP contribution in [0.2, 0.25) is 5.02 Å². The molecule has 0 spiro atoms. The molecule has 0 saturated heterocycles. The molecule has 1 aliphatic rings. The first-order valence-corrected chi connectivity index (χ1v) is 10.4. The highest BCUT2D eigenvalue weighted by Crippen LogP contribution is 2.38. The number of carbonyl (C=O) groups excluding carboxylic acids is 1. The van der Waals surface area contributed by atoms with Gasteiger partial charge < -0.3 is 19.7 Å². The highest BCUT2D eigenvalue weighted by molar-refractivity contribution is 6.34. The van der Waals surface area contributed by atoms with Gasteiger partial charge in [-0.15, -0.1) is 0 Å². The number of rotatable bonds is 6. The van der Waals surface area contributed by atoms with Crippen LogP contribution >= 0.6 is 11.6 Å². The van der Waals surface area contributed by atoms with Crippen LogP contribution in [0.15, 0.2) is 52.1 Å². The normalized spacial score (nSPS) is 13.3. The second kappa shape index (κ2) is 8.91. The van der Waals surface area contributed by atoms with Crippen molar-refractivity contribution in [2.45, 2.75) is 26.4 Å². The molecule has 0 aliphatic carbocycles. The number of carbonyl (C=O) groups is 1. The first-order chi connectivity index (χ1) is 15.0. The molecule has 1 aliphatic heterocycles. The molecule has 0 unspecified atom stereocenters. The number of amides is 1. The van der Waals surface area contributed by atoms with E-state index in [4.69, 9.17) is 21.0 Å². The van der Waals surface area contributed by atoms with Crippen LogP contribution in [0.4, 0.5) is 17.1 Å². The third-order valence-corrected chi connectivity index (χ3v) is 5.35. The number of benzene rings is 2. The summed E-state index contributed by atoms with van der Waals surface area (Å²) in [7, 11) is 1.98. The van der Waals surface area contributed by atoms with E-state index in [9.17, 15) is 9.90 Å². The summed E-state index contributed by atoms with van der Waals surface area (Å²) in [6.07, 6.45) is 2.54. The third-order valence-electron chi connectivity index (χ3n) is 5.05. The summed E-state index contributed by atoms with van der Waals surface area (Å²) >= 11 is 6.47. The maximum Gasteiger partial charge on any atom is 0.230 e. The number of aromatic nitrogens is 1. The van der Waals surface area contributed by atoms with Gasteiger partial charge in [0.2, 0.25) is 11.8 Å². The van der Waals surface area contributed by atoms with Gasteiger partial charge in [0.25, 0.3) is 0 Å². The fourth-order valence-electron chi connectivity index (χ4n) is 3.53. The van der Waals surface area contributed by atoms with E-state index in [0.29, 0.717) is 33.7 Å². The minimum Gasteiger partial charge on any atom is -0.444 e. The minimum atomic E-state index is -0.190. The van der Waals surface area contributed by atoms with Crippen LogP contribution in [0.5, 0.6) is 0 Å². The van der Waals surface area contributed by atoms with Gasteiger partial charge in [-0.2, -0.15) is 0 Å². The number of halogens is 1.